The molecule has 2 saturated heterocycles. The summed E-state index contributed by atoms with van der Waals surface area (Å²) in [6.07, 6.45) is 7.01. The second-order valence-electron chi connectivity index (χ2n) is 12.9. The maximum atomic E-state index is 12.6. The minimum Gasteiger partial charge on any atom is -0.481 e. The van der Waals surface area contributed by atoms with Crippen molar-refractivity contribution in [2.45, 2.75) is 135 Å². The van der Waals surface area contributed by atoms with E-state index in [1.807, 2.05) is 0 Å². The number of rotatable bonds is 9. The highest BCUT2D eigenvalue weighted by Gasteiger charge is 2.48. The summed E-state index contributed by atoms with van der Waals surface area (Å²) in [4.78, 5) is 29.3. The Balaban J connectivity index is 2.29. The third kappa shape index (κ3) is 5.85. The third-order valence-electron chi connectivity index (χ3n) is 8.65. The Morgan fingerprint density at radius 2 is 1.00 bits per heavy atom. The SMILES string of the molecule is CC1(C)CCCC(C)(C)N1CCC(CCN1C(C)(C)CCCC1(C)C)(CC(=O)O)C(=O)O. The molecule has 186 valence electrons. The van der Waals surface area contributed by atoms with E-state index in [9.17, 15) is 19.8 Å². The van der Waals surface area contributed by atoms with Gasteiger partial charge in [0.2, 0.25) is 0 Å². The second-order valence-corrected chi connectivity index (χ2v) is 12.9. The maximum absolute atomic E-state index is 12.6. The zero-order chi connectivity index (χ0) is 24.6. The van der Waals surface area contributed by atoms with Gasteiger partial charge in [-0.15, -0.1) is 0 Å². The van der Waals surface area contributed by atoms with Crippen LogP contribution < -0.4 is 0 Å². The molecule has 2 N–H and O–H groups in total. The number of carboxylic acids is 2. The first kappa shape index (κ1) is 27.1. The van der Waals surface area contributed by atoms with Gasteiger partial charge in [-0.2, -0.15) is 0 Å². The topological polar surface area (TPSA) is 81.1 Å². The van der Waals surface area contributed by atoms with Crippen molar-refractivity contribution in [3.05, 3.63) is 0 Å². The van der Waals surface area contributed by atoms with Crippen LogP contribution in [0.15, 0.2) is 0 Å². The van der Waals surface area contributed by atoms with Gasteiger partial charge < -0.3 is 10.2 Å². The maximum Gasteiger partial charge on any atom is 0.310 e. The molecule has 2 fully saturated rings. The number of piperidine rings is 2. The summed E-state index contributed by atoms with van der Waals surface area (Å²) in [7, 11) is 0. The highest BCUT2D eigenvalue weighted by atomic mass is 16.4. The van der Waals surface area contributed by atoms with Crippen LogP contribution in [-0.4, -0.2) is 67.2 Å². The van der Waals surface area contributed by atoms with Gasteiger partial charge in [0.05, 0.1) is 11.8 Å². The Labute approximate surface area is 195 Å². The van der Waals surface area contributed by atoms with E-state index in [0.29, 0.717) is 25.9 Å². The van der Waals surface area contributed by atoms with Gasteiger partial charge >= 0.3 is 11.9 Å². The van der Waals surface area contributed by atoms with Gasteiger partial charge in [-0.25, -0.2) is 0 Å². The highest BCUT2D eigenvalue weighted by molar-refractivity contribution is 5.81. The average molecular weight is 453 g/mol. The summed E-state index contributed by atoms with van der Waals surface area (Å²) in [5.74, 6) is -2.00. The van der Waals surface area contributed by atoms with E-state index in [1.165, 1.54) is 0 Å². The molecule has 2 aliphatic rings. The Bertz CT molecular complexity index is 622. The lowest BCUT2D eigenvalue weighted by molar-refractivity contribution is -0.159. The Kier molecular flexibility index (Phi) is 7.83. The van der Waals surface area contributed by atoms with Crippen LogP contribution in [0.4, 0.5) is 0 Å². The van der Waals surface area contributed by atoms with Crippen molar-refractivity contribution in [3.8, 4) is 0 Å². The number of likely N-dealkylation sites (tertiary alicyclic amines) is 2. The lowest BCUT2D eigenvalue weighted by atomic mass is 9.73. The largest absolute Gasteiger partial charge is 0.481 e. The Hall–Kier alpha value is -1.14. The smallest absolute Gasteiger partial charge is 0.310 e. The summed E-state index contributed by atoms with van der Waals surface area (Å²) in [6.45, 7) is 19.0. The first-order chi connectivity index (χ1) is 14.5. The molecule has 0 amide bonds. The molecule has 32 heavy (non-hydrogen) atoms. The zero-order valence-electron chi connectivity index (χ0n) is 21.9. The lowest BCUT2D eigenvalue weighted by Crippen LogP contribution is -2.60. The van der Waals surface area contributed by atoms with Crippen molar-refractivity contribution in [2.24, 2.45) is 5.41 Å². The van der Waals surface area contributed by atoms with E-state index >= 15 is 0 Å². The summed E-state index contributed by atoms with van der Waals surface area (Å²) in [5, 5.41) is 20.0. The molecule has 0 aromatic carbocycles. The molecule has 0 unspecified atom stereocenters. The number of carboxylic acid groups (broad SMARTS) is 2. The van der Waals surface area contributed by atoms with E-state index in [1.54, 1.807) is 0 Å². The molecule has 6 heteroatoms. The molecule has 0 bridgehead atoms. The first-order valence-electron chi connectivity index (χ1n) is 12.5. The van der Waals surface area contributed by atoms with Crippen LogP contribution in [0.3, 0.4) is 0 Å². The van der Waals surface area contributed by atoms with Gasteiger partial charge in [-0.1, -0.05) is 0 Å². The Morgan fingerprint density at radius 3 is 1.25 bits per heavy atom. The normalized spacial score (nSPS) is 25.4. The molecule has 0 radical (unpaired) electrons. The fraction of sp³-hybridized carbons (Fsp3) is 0.923. The van der Waals surface area contributed by atoms with Crippen molar-refractivity contribution < 1.29 is 19.8 Å². The van der Waals surface area contributed by atoms with Crippen LogP contribution in [0.5, 0.6) is 0 Å². The fourth-order valence-electron chi connectivity index (χ4n) is 6.83. The summed E-state index contributed by atoms with van der Waals surface area (Å²) >= 11 is 0. The molecule has 2 heterocycles. The summed E-state index contributed by atoms with van der Waals surface area (Å²) in [5.41, 5.74) is -1.35. The molecular formula is C26H48N2O4. The predicted octanol–water partition coefficient (Wildman–Crippen LogP) is 5.40. The fourth-order valence-corrected chi connectivity index (χ4v) is 6.83. The van der Waals surface area contributed by atoms with E-state index in [4.69, 9.17) is 0 Å². The minimum atomic E-state index is -1.26. The summed E-state index contributed by atoms with van der Waals surface area (Å²) in [6, 6.07) is 0. The van der Waals surface area contributed by atoms with Gasteiger partial charge in [0.1, 0.15) is 0 Å². The van der Waals surface area contributed by atoms with Crippen LogP contribution in [-0.2, 0) is 9.59 Å². The first-order valence-corrected chi connectivity index (χ1v) is 12.5. The molecule has 0 atom stereocenters. The van der Waals surface area contributed by atoms with Crippen molar-refractivity contribution in [1.29, 1.82) is 0 Å². The lowest BCUT2D eigenvalue weighted by Gasteiger charge is -2.54. The quantitative estimate of drug-likeness (QED) is 0.488. The van der Waals surface area contributed by atoms with Crippen molar-refractivity contribution in [1.82, 2.24) is 9.80 Å². The molecule has 0 aliphatic carbocycles. The average Bonchev–Trinajstić information content (AvgIpc) is 2.57. The standard InChI is InChI=1S/C26H48N2O4/c1-22(2)11-9-12-23(3,4)27(22)17-15-26(21(31)32,19-20(29)30)16-18-28-24(5,6)13-10-14-25(28,7)8/h9-19H2,1-8H3,(H,29,30)(H,31,32). The van der Waals surface area contributed by atoms with Gasteiger partial charge in [-0.3, -0.25) is 19.4 Å². The molecule has 0 aromatic heterocycles. The predicted molar refractivity (Wildman–Crippen MR) is 129 cm³/mol. The van der Waals surface area contributed by atoms with Crippen LogP contribution in [0.2, 0.25) is 0 Å². The van der Waals surface area contributed by atoms with Crippen LogP contribution in [0.25, 0.3) is 0 Å². The molecule has 2 aliphatic heterocycles. The van der Waals surface area contributed by atoms with Crippen LogP contribution >= 0.6 is 0 Å². The van der Waals surface area contributed by atoms with Crippen LogP contribution in [0, 0.1) is 5.41 Å². The minimum absolute atomic E-state index is 0.0218. The second kappa shape index (κ2) is 9.25. The highest BCUT2D eigenvalue weighted by Crippen LogP contribution is 2.43. The summed E-state index contributed by atoms with van der Waals surface area (Å²) < 4.78 is 0. The number of nitrogens with zero attached hydrogens (tertiary/aromatic N) is 2. The van der Waals surface area contributed by atoms with Crippen molar-refractivity contribution in [2.75, 3.05) is 13.1 Å². The van der Waals surface area contributed by atoms with E-state index in [0.717, 1.165) is 38.5 Å². The molecule has 6 nitrogen and oxygen atoms in total. The van der Waals surface area contributed by atoms with Gasteiger partial charge in [0, 0.05) is 35.2 Å². The molecule has 0 spiro atoms. The zero-order valence-corrected chi connectivity index (χ0v) is 21.9. The van der Waals surface area contributed by atoms with Crippen molar-refractivity contribution in [3.63, 3.8) is 0 Å². The third-order valence-corrected chi connectivity index (χ3v) is 8.65. The van der Waals surface area contributed by atoms with Crippen LogP contribution in [0.1, 0.15) is 113 Å². The number of carbonyl (C=O) groups is 2. The monoisotopic (exact) mass is 452 g/mol. The van der Waals surface area contributed by atoms with Gasteiger partial charge in [0.25, 0.3) is 0 Å². The number of hydrogen-bond acceptors (Lipinski definition) is 4. The Morgan fingerprint density at radius 1 is 0.688 bits per heavy atom. The molecule has 2 rings (SSSR count). The van der Waals surface area contributed by atoms with E-state index in [-0.39, 0.29) is 28.6 Å². The van der Waals surface area contributed by atoms with Gasteiger partial charge in [0.15, 0.2) is 0 Å². The molecular weight excluding hydrogens is 404 g/mol. The van der Waals surface area contributed by atoms with Gasteiger partial charge in [-0.05, 0) is 107 Å². The number of aliphatic carboxylic acids is 2. The van der Waals surface area contributed by atoms with E-state index in [2.05, 4.69) is 65.2 Å². The van der Waals surface area contributed by atoms with E-state index < -0.39 is 17.4 Å². The number of hydrogen-bond donors (Lipinski definition) is 2. The molecule has 0 saturated carbocycles. The van der Waals surface area contributed by atoms with Crippen molar-refractivity contribution >= 4 is 11.9 Å². The molecule has 0 aromatic rings.